The van der Waals surface area contributed by atoms with E-state index in [1.165, 1.54) is 5.56 Å². The van der Waals surface area contributed by atoms with E-state index in [1.807, 2.05) is 0 Å². The van der Waals surface area contributed by atoms with Crippen LogP contribution >= 0.6 is 11.3 Å². The van der Waals surface area contributed by atoms with Crippen LogP contribution in [0.15, 0.2) is 21.8 Å². The molecule has 0 saturated carbocycles. The molecule has 0 aromatic carbocycles. The summed E-state index contributed by atoms with van der Waals surface area (Å²) in [6.45, 7) is 2.84. The Morgan fingerprint density at radius 1 is 1.62 bits per heavy atom. The van der Waals surface area contributed by atoms with Gasteiger partial charge in [-0.05, 0) is 28.8 Å². The minimum atomic E-state index is 0.904. The van der Waals surface area contributed by atoms with Crippen molar-refractivity contribution < 1.29 is 0 Å². The molecule has 0 amide bonds. The molecular weight excluding hydrogens is 182 g/mol. The Kier molecular flexibility index (Phi) is 2.82. The highest BCUT2D eigenvalue weighted by molar-refractivity contribution is 7.07. The van der Waals surface area contributed by atoms with Gasteiger partial charge in [0.1, 0.15) is 0 Å². The maximum Gasteiger partial charge on any atom is 0.191 e. The van der Waals surface area contributed by atoms with Gasteiger partial charge in [0, 0.05) is 13.1 Å². The normalized spacial score (nSPS) is 15.2. The molecule has 1 aliphatic rings. The van der Waals surface area contributed by atoms with Crippen molar-refractivity contribution >= 4 is 17.3 Å². The number of aliphatic imine (C=N–C) groups is 1. The smallest absolute Gasteiger partial charge is 0.191 e. The minimum Gasteiger partial charge on any atom is -0.356 e. The molecule has 4 heteroatoms. The second kappa shape index (κ2) is 4.28. The van der Waals surface area contributed by atoms with E-state index in [0.717, 1.165) is 32.0 Å². The molecule has 0 radical (unpaired) electrons. The number of guanidine groups is 1. The molecule has 70 valence electrons. The molecule has 2 heterocycles. The highest BCUT2D eigenvalue weighted by Crippen LogP contribution is 2.05. The zero-order chi connectivity index (χ0) is 8.93. The standard InChI is InChI=1S/C9H13N3S/c1(8-2-6-13-7-8)3-10-9-11-4-5-12-9/h2,6-7H,1,3-5H2,(H2,10,11,12). The molecule has 1 aromatic heterocycles. The molecule has 1 aliphatic heterocycles. The quantitative estimate of drug-likeness (QED) is 0.750. The summed E-state index contributed by atoms with van der Waals surface area (Å²) in [7, 11) is 0. The van der Waals surface area contributed by atoms with Gasteiger partial charge in [-0.15, -0.1) is 0 Å². The van der Waals surface area contributed by atoms with Crippen molar-refractivity contribution in [2.75, 3.05) is 19.6 Å². The largest absolute Gasteiger partial charge is 0.356 e. The van der Waals surface area contributed by atoms with E-state index >= 15 is 0 Å². The minimum absolute atomic E-state index is 0.904. The zero-order valence-corrected chi connectivity index (χ0v) is 8.23. The van der Waals surface area contributed by atoms with Crippen molar-refractivity contribution in [3.63, 3.8) is 0 Å². The van der Waals surface area contributed by atoms with Gasteiger partial charge in [0.05, 0.1) is 6.54 Å². The lowest BCUT2D eigenvalue weighted by atomic mass is 10.2. The predicted molar refractivity (Wildman–Crippen MR) is 56.3 cm³/mol. The van der Waals surface area contributed by atoms with Crippen LogP contribution in [-0.4, -0.2) is 25.6 Å². The molecule has 0 atom stereocenters. The summed E-state index contributed by atoms with van der Waals surface area (Å²) in [6, 6.07) is 2.16. The summed E-state index contributed by atoms with van der Waals surface area (Å²) >= 11 is 1.75. The second-order valence-corrected chi connectivity index (χ2v) is 3.75. The summed E-state index contributed by atoms with van der Waals surface area (Å²) in [5.74, 6) is 0.954. The third kappa shape index (κ3) is 2.45. The number of nitrogens with one attached hydrogen (secondary N) is 2. The van der Waals surface area contributed by atoms with Crippen LogP contribution in [0.1, 0.15) is 5.56 Å². The predicted octanol–water partition coefficient (Wildman–Crippen LogP) is 0.839. The molecule has 0 spiro atoms. The Morgan fingerprint density at radius 3 is 3.31 bits per heavy atom. The van der Waals surface area contributed by atoms with E-state index in [0.29, 0.717) is 0 Å². The molecule has 13 heavy (non-hydrogen) atoms. The third-order valence-corrected chi connectivity index (χ3v) is 2.69. The monoisotopic (exact) mass is 195 g/mol. The van der Waals surface area contributed by atoms with E-state index in [-0.39, 0.29) is 0 Å². The fraction of sp³-hybridized carbons (Fsp3) is 0.444. The number of thiophene rings is 1. The lowest BCUT2D eigenvalue weighted by molar-refractivity contribution is 0.839. The molecule has 3 nitrogen and oxygen atoms in total. The molecule has 0 unspecified atom stereocenters. The summed E-state index contributed by atoms with van der Waals surface area (Å²) in [6.07, 6.45) is 1.07. The first-order valence-corrected chi connectivity index (χ1v) is 5.43. The van der Waals surface area contributed by atoms with Gasteiger partial charge >= 0.3 is 0 Å². The van der Waals surface area contributed by atoms with Crippen LogP contribution in [-0.2, 0) is 6.42 Å². The van der Waals surface area contributed by atoms with Crippen molar-refractivity contribution in [1.82, 2.24) is 10.6 Å². The molecule has 1 aromatic rings. The van der Waals surface area contributed by atoms with Crippen molar-refractivity contribution in [3.05, 3.63) is 22.4 Å². The SMILES string of the molecule is c1cc(CCNC2=NCCN2)cs1. The van der Waals surface area contributed by atoms with E-state index in [2.05, 4.69) is 32.5 Å². The zero-order valence-electron chi connectivity index (χ0n) is 7.42. The second-order valence-electron chi connectivity index (χ2n) is 2.97. The van der Waals surface area contributed by atoms with Crippen molar-refractivity contribution in [3.8, 4) is 0 Å². The first kappa shape index (κ1) is 8.56. The lowest BCUT2D eigenvalue weighted by Gasteiger charge is -2.04. The average Bonchev–Trinajstić information content (AvgIpc) is 2.75. The van der Waals surface area contributed by atoms with Crippen LogP contribution in [0.2, 0.25) is 0 Å². The summed E-state index contributed by atoms with van der Waals surface area (Å²) < 4.78 is 0. The number of hydrogen-bond acceptors (Lipinski definition) is 4. The van der Waals surface area contributed by atoms with E-state index in [1.54, 1.807) is 11.3 Å². The van der Waals surface area contributed by atoms with E-state index in [9.17, 15) is 0 Å². The van der Waals surface area contributed by atoms with Crippen LogP contribution in [0, 0.1) is 0 Å². The molecule has 2 N–H and O–H groups in total. The first-order chi connectivity index (χ1) is 6.45. The fourth-order valence-electron chi connectivity index (χ4n) is 1.28. The van der Waals surface area contributed by atoms with Gasteiger partial charge in [-0.2, -0.15) is 11.3 Å². The topological polar surface area (TPSA) is 36.4 Å². The van der Waals surface area contributed by atoms with Crippen LogP contribution in [0.3, 0.4) is 0 Å². The summed E-state index contributed by atoms with van der Waals surface area (Å²) in [4.78, 5) is 4.25. The summed E-state index contributed by atoms with van der Waals surface area (Å²) in [5.41, 5.74) is 1.40. The van der Waals surface area contributed by atoms with Crippen molar-refractivity contribution in [2.24, 2.45) is 4.99 Å². The van der Waals surface area contributed by atoms with Gasteiger partial charge in [0.25, 0.3) is 0 Å². The maximum atomic E-state index is 4.25. The molecular formula is C9H13N3S. The van der Waals surface area contributed by atoms with Gasteiger partial charge < -0.3 is 10.6 Å². The van der Waals surface area contributed by atoms with Gasteiger partial charge in [-0.3, -0.25) is 4.99 Å². The van der Waals surface area contributed by atoms with Gasteiger partial charge in [-0.25, -0.2) is 0 Å². The number of hydrogen-bond donors (Lipinski definition) is 2. The van der Waals surface area contributed by atoms with Crippen LogP contribution in [0.5, 0.6) is 0 Å². The number of rotatable bonds is 3. The fourth-order valence-corrected chi connectivity index (χ4v) is 1.98. The van der Waals surface area contributed by atoms with Gasteiger partial charge in [-0.1, -0.05) is 0 Å². The highest BCUT2D eigenvalue weighted by atomic mass is 32.1. The Morgan fingerprint density at radius 2 is 2.62 bits per heavy atom. The lowest BCUT2D eigenvalue weighted by Crippen LogP contribution is -2.34. The molecule has 0 bridgehead atoms. The molecule has 0 aliphatic carbocycles. The van der Waals surface area contributed by atoms with Gasteiger partial charge in [0.15, 0.2) is 5.96 Å². The molecule has 0 fully saturated rings. The van der Waals surface area contributed by atoms with Crippen LogP contribution in [0.25, 0.3) is 0 Å². The Balaban J connectivity index is 1.69. The summed E-state index contributed by atoms with van der Waals surface area (Å²) in [5, 5.41) is 10.7. The Bertz CT molecular complexity index is 279. The average molecular weight is 195 g/mol. The van der Waals surface area contributed by atoms with E-state index < -0.39 is 0 Å². The maximum absolute atomic E-state index is 4.25. The molecule has 2 rings (SSSR count). The number of nitrogens with zero attached hydrogens (tertiary/aromatic N) is 1. The highest BCUT2D eigenvalue weighted by Gasteiger charge is 2.02. The third-order valence-electron chi connectivity index (χ3n) is 1.96. The van der Waals surface area contributed by atoms with Crippen molar-refractivity contribution in [2.45, 2.75) is 6.42 Å². The van der Waals surface area contributed by atoms with Gasteiger partial charge in [0.2, 0.25) is 0 Å². The van der Waals surface area contributed by atoms with Crippen molar-refractivity contribution in [1.29, 1.82) is 0 Å². The molecule has 0 saturated heterocycles. The van der Waals surface area contributed by atoms with Crippen LogP contribution < -0.4 is 10.6 Å². The van der Waals surface area contributed by atoms with Crippen LogP contribution in [0.4, 0.5) is 0 Å². The first-order valence-electron chi connectivity index (χ1n) is 4.48. The Labute approximate surface area is 81.9 Å². The van der Waals surface area contributed by atoms with E-state index in [4.69, 9.17) is 0 Å². The Hall–Kier alpha value is -1.03.